The number of hydrogen-bond donors (Lipinski definition) is 2. The molecule has 2 N–H and O–H groups in total. The third-order valence-corrected chi connectivity index (χ3v) is 5.21. The monoisotopic (exact) mass is 431 g/mol. The average molecular weight is 432 g/mol. The summed E-state index contributed by atoms with van der Waals surface area (Å²) < 4.78 is 10.8. The standard InChI is InChI=1S/C22H30ClN5O2/c1-4-24-22(26-13-16-5-6-21(23)25-12-16)27-18-7-8-28(15-18)14-17-9-19(29-2)11-20(10-17)30-3/h5-6,9-12,18H,4,7-8,13-15H2,1-3H3,(H2,24,26,27). The second-order valence-electron chi connectivity index (χ2n) is 7.27. The summed E-state index contributed by atoms with van der Waals surface area (Å²) in [6, 6.07) is 10.1. The van der Waals surface area contributed by atoms with Gasteiger partial charge in [-0.1, -0.05) is 17.7 Å². The number of nitrogens with zero attached hydrogens (tertiary/aromatic N) is 3. The van der Waals surface area contributed by atoms with Gasteiger partial charge in [0.05, 0.1) is 20.8 Å². The predicted molar refractivity (Wildman–Crippen MR) is 120 cm³/mol. The van der Waals surface area contributed by atoms with E-state index >= 15 is 0 Å². The number of aliphatic imine (C=N–C) groups is 1. The fourth-order valence-electron chi connectivity index (χ4n) is 3.49. The Morgan fingerprint density at radius 1 is 1.20 bits per heavy atom. The minimum atomic E-state index is 0.346. The number of nitrogens with one attached hydrogen (secondary N) is 2. The topological polar surface area (TPSA) is 71.0 Å². The minimum Gasteiger partial charge on any atom is -0.497 e. The molecule has 0 radical (unpaired) electrons. The van der Waals surface area contributed by atoms with Crippen molar-refractivity contribution in [1.29, 1.82) is 0 Å². The molecule has 1 atom stereocenters. The lowest BCUT2D eigenvalue weighted by Crippen LogP contribution is -2.44. The second kappa shape index (κ2) is 11.0. The van der Waals surface area contributed by atoms with E-state index < -0.39 is 0 Å². The molecule has 1 saturated heterocycles. The fourth-order valence-corrected chi connectivity index (χ4v) is 3.61. The van der Waals surface area contributed by atoms with Gasteiger partial charge in [0.1, 0.15) is 16.7 Å². The molecule has 0 aliphatic carbocycles. The van der Waals surface area contributed by atoms with E-state index in [0.717, 1.165) is 55.6 Å². The van der Waals surface area contributed by atoms with Crippen LogP contribution < -0.4 is 20.1 Å². The summed E-state index contributed by atoms with van der Waals surface area (Å²) in [5, 5.41) is 7.38. The van der Waals surface area contributed by atoms with Gasteiger partial charge in [-0.2, -0.15) is 0 Å². The quantitative estimate of drug-likeness (QED) is 0.380. The van der Waals surface area contributed by atoms with E-state index in [2.05, 4.69) is 39.6 Å². The molecule has 0 bridgehead atoms. The van der Waals surface area contributed by atoms with Crippen LogP contribution in [0.15, 0.2) is 41.5 Å². The normalized spacial score (nSPS) is 17.1. The number of pyridine rings is 1. The van der Waals surface area contributed by atoms with E-state index in [9.17, 15) is 0 Å². The van der Waals surface area contributed by atoms with Crippen LogP contribution in [-0.2, 0) is 13.1 Å². The number of methoxy groups -OCH3 is 2. The number of likely N-dealkylation sites (tertiary alicyclic amines) is 1. The fraction of sp³-hybridized carbons (Fsp3) is 0.455. The highest BCUT2D eigenvalue weighted by Crippen LogP contribution is 2.24. The molecule has 2 heterocycles. The maximum atomic E-state index is 5.85. The zero-order valence-electron chi connectivity index (χ0n) is 17.8. The van der Waals surface area contributed by atoms with Crippen molar-refractivity contribution in [1.82, 2.24) is 20.5 Å². The van der Waals surface area contributed by atoms with Crippen LogP contribution in [0.1, 0.15) is 24.5 Å². The van der Waals surface area contributed by atoms with E-state index in [-0.39, 0.29) is 0 Å². The zero-order valence-corrected chi connectivity index (χ0v) is 18.6. The van der Waals surface area contributed by atoms with Crippen LogP contribution in [0.3, 0.4) is 0 Å². The van der Waals surface area contributed by atoms with E-state index in [1.807, 2.05) is 12.1 Å². The number of aromatic nitrogens is 1. The lowest BCUT2D eigenvalue weighted by molar-refractivity contribution is 0.321. The van der Waals surface area contributed by atoms with E-state index in [1.54, 1.807) is 26.5 Å². The second-order valence-corrected chi connectivity index (χ2v) is 7.66. The van der Waals surface area contributed by atoms with E-state index in [4.69, 9.17) is 26.1 Å². The number of hydrogen-bond acceptors (Lipinski definition) is 5. The molecule has 1 aliphatic heterocycles. The molecule has 1 aromatic carbocycles. The molecule has 3 rings (SSSR count). The van der Waals surface area contributed by atoms with Crippen LogP contribution in [0, 0.1) is 0 Å². The molecule has 1 unspecified atom stereocenters. The van der Waals surface area contributed by atoms with Gasteiger partial charge in [-0.05, 0) is 42.7 Å². The molecule has 1 aliphatic rings. The van der Waals surface area contributed by atoms with Crippen LogP contribution in [0.2, 0.25) is 5.15 Å². The zero-order chi connectivity index (χ0) is 21.3. The van der Waals surface area contributed by atoms with Crippen LogP contribution in [-0.4, -0.2) is 55.7 Å². The first-order valence-electron chi connectivity index (χ1n) is 10.2. The van der Waals surface area contributed by atoms with Crippen molar-refractivity contribution in [2.75, 3.05) is 33.9 Å². The van der Waals surface area contributed by atoms with Crippen molar-refractivity contribution in [3.63, 3.8) is 0 Å². The number of benzene rings is 1. The van der Waals surface area contributed by atoms with E-state index in [1.165, 1.54) is 5.56 Å². The SMILES string of the molecule is CCNC(=NCc1ccc(Cl)nc1)NC1CCN(Cc2cc(OC)cc(OC)c2)C1. The van der Waals surface area contributed by atoms with Crippen LogP contribution >= 0.6 is 11.6 Å². The number of halogens is 1. The van der Waals surface area contributed by atoms with Crippen molar-refractivity contribution in [2.45, 2.75) is 32.5 Å². The summed E-state index contributed by atoms with van der Waals surface area (Å²) in [4.78, 5) is 11.2. The summed E-state index contributed by atoms with van der Waals surface area (Å²) in [5.41, 5.74) is 2.21. The third kappa shape index (κ3) is 6.50. The average Bonchev–Trinajstić information content (AvgIpc) is 3.19. The first-order chi connectivity index (χ1) is 14.6. The highest BCUT2D eigenvalue weighted by molar-refractivity contribution is 6.29. The number of rotatable bonds is 8. The Bertz CT molecular complexity index is 822. The summed E-state index contributed by atoms with van der Waals surface area (Å²) >= 11 is 5.85. The summed E-state index contributed by atoms with van der Waals surface area (Å²) in [7, 11) is 3.35. The maximum absolute atomic E-state index is 5.85. The largest absolute Gasteiger partial charge is 0.497 e. The Morgan fingerprint density at radius 3 is 2.60 bits per heavy atom. The summed E-state index contributed by atoms with van der Waals surface area (Å²) in [5.74, 6) is 2.45. The van der Waals surface area contributed by atoms with E-state index in [0.29, 0.717) is 17.7 Å². The summed E-state index contributed by atoms with van der Waals surface area (Å²) in [6.07, 6.45) is 2.82. The van der Waals surface area contributed by atoms with Crippen molar-refractivity contribution >= 4 is 17.6 Å². The van der Waals surface area contributed by atoms with Crippen LogP contribution in [0.5, 0.6) is 11.5 Å². The smallest absolute Gasteiger partial charge is 0.191 e. The van der Waals surface area contributed by atoms with Gasteiger partial charge in [0.25, 0.3) is 0 Å². The van der Waals surface area contributed by atoms with Gasteiger partial charge in [-0.25, -0.2) is 9.98 Å². The highest BCUT2D eigenvalue weighted by Gasteiger charge is 2.23. The lowest BCUT2D eigenvalue weighted by atomic mass is 10.2. The molecule has 0 saturated carbocycles. The molecule has 2 aromatic rings. The van der Waals surface area contributed by atoms with Gasteiger partial charge in [0, 0.05) is 44.5 Å². The Kier molecular flexibility index (Phi) is 8.16. The molecule has 162 valence electrons. The van der Waals surface area contributed by atoms with Crippen molar-refractivity contribution in [3.8, 4) is 11.5 Å². The maximum Gasteiger partial charge on any atom is 0.191 e. The molecular formula is C22H30ClN5O2. The Labute approximate surface area is 183 Å². The predicted octanol–water partition coefficient (Wildman–Crippen LogP) is 3.08. The molecule has 1 aromatic heterocycles. The lowest BCUT2D eigenvalue weighted by Gasteiger charge is -2.19. The van der Waals surface area contributed by atoms with Crippen LogP contribution in [0.4, 0.5) is 0 Å². The number of guanidine groups is 1. The van der Waals surface area contributed by atoms with Gasteiger partial charge >= 0.3 is 0 Å². The third-order valence-electron chi connectivity index (χ3n) is 4.98. The van der Waals surface area contributed by atoms with Crippen LogP contribution in [0.25, 0.3) is 0 Å². The molecule has 7 nitrogen and oxygen atoms in total. The van der Waals surface area contributed by atoms with Gasteiger partial charge in [-0.15, -0.1) is 0 Å². The molecule has 0 spiro atoms. The molecule has 30 heavy (non-hydrogen) atoms. The van der Waals surface area contributed by atoms with Crippen molar-refractivity contribution in [3.05, 3.63) is 52.8 Å². The summed E-state index contributed by atoms with van der Waals surface area (Å²) in [6.45, 7) is 6.27. The molecule has 0 amide bonds. The van der Waals surface area contributed by atoms with Gasteiger partial charge in [0.2, 0.25) is 0 Å². The van der Waals surface area contributed by atoms with Gasteiger partial charge < -0.3 is 20.1 Å². The first kappa shape index (κ1) is 22.2. The molecular weight excluding hydrogens is 402 g/mol. The first-order valence-corrected chi connectivity index (χ1v) is 10.6. The molecule has 8 heteroatoms. The highest BCUT2D eigenvalue weighted by atomic mass is 35.5. The number of ether oxygens (including phenoxy) is 2. The van der Waals surface area contributed by atoms with Gasteiger partial charge in [0.15, 0.2) is 5.96 Å². The molecule has 1 fully saturated rings. The Morgan fingerprint density at radius 2 is 1.97 bits per heavy atom. The van der Waals surface area contributed by atoms with Gasteiger partial charge in [-0.3, -0.25) is 4.90 Å². The Balaban J connectivity index is 1.56. The minimum absolute atomic E-state index is 0.346. The Hall–Kier alpha value is -2.51. The van der Waals surface area contributed by atoms with Crippen molar-refractivity contribution < 1.29 is 9.47 Å². The van der Waals surface area contributed by atoms with Crippen molar-refractivity contribution in [2.24, 2.45) is 4.99 Å².